The van der Waals surface area contributed by atoms with E-state index in [0.717, 1.165) is 10.7 Å². The number of aromatic nitrogens is 2. The Labute approximate surface area is 152 Å². The number of carbonyl (C=O) groups is 1. The van der Waals surface area contributed by atoms with E-state index in [1.54, 1.807) is 12.1 Å². The summed E-state index contributed by atoms with van der Waals surface area (Å²) in [6.07, 6.45) is 1.08. The Hall–Kier alpha value is -2.52. The quantitative estimate of drug-likeness (QED) is 0.693. The molecular formula is C16H12BrN3O4S. The van der Waals surface area contributed by atoms with Crippen molar-refractivity contribution in [2.45, 2.75) is 4.90 Å². The minimum atomic E-state index is -3.40. The van der Waals surface area contributed by atoms with Gasteiger partial charge in [-0.15, -0.1) is 5.10 Å². The van der Waals surface area contributed by atoms with Crippen LogP contribution in [-0.4, -0.2) is 30.8 Å². The lowest BCUT2D eigenvalue weighted by atomic mass is 10.2. The van der Waals surface area contributed by atoms with Gasteiger partial charge in [-0.05, 0) is 42.5 Å². The van der Waals surface area contributed by atoms with Crippen molar-refractivity contribution < 1.29 is 17.6 Å². The highest BCUT2D eigenvalue weighted by Gasteiger charge is 2.15. The molecule has 0 radical (unpaired) electrons. The molecule has 1 heterocycles. The first-order chi connectivity index (χ1) is 11.8. The summed E-state index contributed by atoms with van der Waals surface area (Å²) >= 11 is 3.34. The molecular weight excluding hydrogens is 410 g/mol. The molecule has 0 saturated carbocycles. The fourth-order valence-corrected chi connectivity index (χ4v) is 2.95. The number of rotatable bonds is 4. The third kappa shape index (κ3) is 4.12. The molecule has 1 aromatic heterocycles. The van der Waals surface area contributed by atoms with Gasteiger partial charge < -0.3 is 4.42 Å². The van der Waals surface area contributed by atoms with Crippen molar-refractivity contribution in [3.05, 3.63) is 58.6 Å². The summed E-state index contributed by atoms with van der Waals surface area (Å²) in [7, 11) is -3.40. The first kappa shape index (κ1) is 17.3. The van der Waals surface area contributed by atoms with Gasteiger partial charge in [0.2, 0.25) is 5.89 Å². The van der Waals surface area contributed by atoms with Crippen molar-refractivity contribution in [1.29, 1.82) is 0 Å². The van der Waals surface area contributed by atoms with E-state index < -0.39 is 15.7 Å². The predicted octanol–water partition coefficient (Wildman–Crippen LogP) is 3.15. The maximum absolute atomic E-state index is 12.2. The van der Waals surface area contributed by atoms with E-state index in [2.05, 4.69) is 31.4 Å². The second-order valence-corrected chi connectivity index (χ2v) is 8.10. The van der Waals surface area contributed by atoms with Gasteiger partial charge in [-0.3, -0.25) is 10.1 Å². The Morgan fingerprint density at radius 1 is 1.12 bits per heavy atom. The summed E-state index contributed by atoms with van der Waals surface area (Å²) in [5.41, 5.74) is 0.876. The Morgan fingerprint density at radius 3 is 2.52 bits per heavy atom. The predicted molar refractivity (Wildman–Crippen MR) is 94.9 cm³/mol. The van der Waals surface area contributed by atoms with Gasteiger partial charge in [0, 0.05) is 21.9 Å². The van der Waals surface area contributed by atoms with Gasteiger partial charge in [-0.2, -0.15) is 0 Å². The summed E-state index contributed by atoms with van der Waals surface area (Å²) in [4.78, 5) is 12.3. The number of hydrogen-bond acceptors (Lipinski definition) is 6. The highest BCUT2D eigenvalue weighted by molar-refractivity contribution is 9.10. The first-order valence-electron chi connectivity index (χ1n) is 7.04. The molecule has 0 aliphatic rings. The third-order valence-electron chi connectivity index (χ3n) is 3.26. The number of sulfone groups is 1. The van der Waals surface area contributed by atoms with Crippen molar-refractivity contribution in [1.82, 2.24) is 10.2 Å². The highest BCUT2D eigenvalue weighted by Crippen LogP contribution is 2.22. The lowest BCUT2D eigenvalue weighted by molar-refractivity contribution is 0.102. The summed E-state index contributed by atoms with van der Waals surface area (Å²) in [5, 5.41) is 10.1. The van der Waals surface area contributed by atoms with Gasteiger partial charge in [0.25, 0.3) is 5.91 Å². The van der Waals surface area contributed by atoms with Gasteiger partial charge in [0.1, 0.15) is 0 Å². The molecule has 0 unspecified atom stereocenters. The van der Waals surface area contributed by atoms with Crippen molar-refractivity contribution in [3.63, 3.8) is 0 Å². The van der Waals surface area contributed by atoms with Gasteiger partial charge in [-0.1, -0.05) is 27.1 Å². The molecule has 3 aromatic rings. The van der Waals surface area contributed by atoms with E-state index in [-0.39, 0.29) is 22.4 Å². The van der Waals surface area contributed by atoms with Crippen LogP contribution in [0.5, 0.6) is 0 Å². The van der Waals surface area contributed by atoms with E-state index in [1.807, 2.05) is 12.1 Å². The molecule has 0 spiro atoms. The van der Waals surface area contributed by atoms with E-state index in [9.17, 15) is 13.2 Å². The zero-order valence-corrected chi connectivity index (χ0v) is 15.3. The number of hydrogen-bond donors (Lipinski definition) is 1. The summed E-state index contributed by atoms with van der Waals surface area (Å²) < 4.78 is 29.5. The van der Waals surface area contributed by atoms with Crippen molar-refractivity contribution in [2.24, 2.45) is 0 Å². The number of benzene rings is 2. The van der Waals surface area contributed by atoms with E-state index in [0.29, 0.717) is 5.56 Å². The fraction of sp³-hybridized carbons (Fsp3) is 0.0625. The molecule has 0 bridgehead atoms. The van der Waals surface area contributed by atoms with Crippen LogP contribution in [-0.2, 0) is 9.84 Å². The average molecular weight is 422 g/mol. The van der Waals surface area contributed by atoms with Gasteiger partial charge >= 0.3 is 6.01 Å². The molecule has 0 fully saturated rings. The van der Waals surface area contributed by atoms with Gasteiger partial charge in [0.05, 0.1) is 4.90 Å². The summed E-state index contributed by atoms with van der Waals surface area (Å²) in [6, 6.07) is 12.9. The Bertz CT molecular complexity index is 1030. The van der Waals surface area contributed by atoms with Crippen LogP contribution in [0.3, 0.4) is 0 Å². The summed E-state index contributed by atoms with van der Waals surface area (Å²) in [5.74, 6) is -0.288. The zero-order chi connectivity index (χ0) is 18.0. The van der Waals surface area contributed by atoms with Crippen LogP contribution in [0.15, 0.2) is 62.3 Å². The van der Waals surface area contributed by atoms with E-state index in [4.69, 9.17) is 4.42 Å². The minimum Gasteiger partial charge on any atom is -0.403 e. The highest BCUT2D eigenvalue weighted by atomic mass is 79.9. The molecule has 1 amide bonds. The van der Waals surface area contributed by atoms with Gasteiger partial charge in [0.15, 0.2) is 9.84 Å². The van der Waals surface area contributed by atoms with E-state index in [1.165, 1.54) is 24.3 Å². The molecule has 1 N–H and O–H groups in total. The number of carbonyl (C=O) groups excluding carboxylic acids is 1. The van der Waals surface area contributed by atoms with Crippen LogP contribution < -0.4 is 5.32 Å². The second kappa shape index (κ2) is 6.77. The number of amides is 1. The largest absolute Gasteiger partial charge is 0.403 e. The standard InChI is InChI=1S/C16H12BrN3O4S/c1-25(22,23)13-4-2-3-11(9-13)14(21)18-16-20-19-15(24-16)10-5-7-12(17)8-6-10/h2-9H,1H3,(H,18,20,21). The average Bonchev–Trinajstić information content (AvgIpc) is 3.03. The Morgan fingerprint density at radius 2 is 1.84 bits per heavy atom. The van der Waals surface area contributed by atoms with E-state index >= 15 is 0 Å². The number of nitrogens with one attached hydrogen (secondary N) is 1. The molecule has 2 aromatic carbocycles. The maximum Gasteiger partial charge on any atom is 0.322 e. The second-order valence-electron chi connectivity index (χ2n) is 5.17. The Balaban J connectivity index is 1.79. The SMILES string of the molecule is CS(=O)(=O)c1cccc(C(=O)Nc2nnc(-c3ccc(Br)cc3)o2)c1. The van der Waals surface area contributed by atoms with Crippen LogP contribution in [0.1, 0.15) is 10.4 Å². The topological polar surface area (TPSA) is 102 Å². The zero-order valence-electron chi connectivity index (χ0n) is 12.9. The third-order valence-corrected chi connectivity index (χ3v) is 4.90. The van der Waals surface area contributed by atoms with Crippen LogP contribution in [0.4, 0.5) is 6.01 Å². The van der Waals surface area contributed by atoms with Crippen LogP contribution in [0.2, 0.25) is 0 Å². The normalized spacial score (nSPS) is 11.3. The monoisotopic (exact) mass is 421 g/mol. The number of halogens is 1. The maximum atomic E-state index is 12.2. The lowest BCUT2D eigenvalue weighted by Crippen LogP contribution is -2.13. The molecule has 3 rings (SSSR count). The molecule has 9 heteroatoms. The number of anilines is 1. The molecule has 25 heavy (non-hydrogen) atoms. The molecule has 0 atom stereocenters. The van der Waals surface area contributed by atoms with Gasteiger partial charge in [-0.25, -0.2) is 8.42 Å². The number of nitrogens with zero attached hydrogens (tertiary/aromatic N) is 2. The van der Waals surface area contributed by atoms with Crippen molar-refractivity contribution >= 4 is 37.7 Å². The molecule has 0 aliphatic carbocycles. The minimum absolute atomic E-state index is 0.0567. The molecule has 0 saturated heterocycles. The van der Waals surface area contributed by atoms with Crippen LogP contribution >= 0.6 is 15.9 Å². The molecule has 7 nitrogen and oxygen atoms in total. The fourth-order valence-electron chi connectivity index (χ4n) is 2.02. The van der Waals surface area contributed by atoms with Crippen molar-refractivity contribution in [2.75, 3.05) is 11.6 Å². The van der Waals surface area contributed by atoms with Crippen molar-refractivity contribution in [3.8, 4) is 11.5 Å². The van der Waals surface area contributed by atoms with Crippen LogP contribution in [0.25, 0.3) is 11.5 Å². The molecule has 128 valence electrons. The molecule has 0 aliphatic heterocycles. The summed E-state index contributed by atoms with van der Waals surface area (Å²) in [6.45, 7) is 0. The first-order valence-corrected chi connectivity index (χ1v) is 9.72. The smallest absolute Gasteiger partial charge is 0.322 e. The van der Waals surface area contributed by atoms with Crippen LogP contribution in [0, 0.1) is 0 Å². The Kier molecular flexibility index (Phi) is 4.69. The lowest BCUT2D eigenvalue weighted by Gasteiger charge is -2.03.